The van der Waals surface area contributed by atoms with Crippen LogP contribution >= 0.6 is 0 Å². The van der Waals surface area contributed by atoms with Crippen LogP contribution in [-0.4, -0.2) is 43.0 Å². The fourth-order valence-electron chi connectivity index (χ4n) is 2.51. The maximum atomic E-state index is 11.9. The van der Waals surface area contributed by atoms with Crippen molar-refractivity contribution >= 4 is 6.09 Å². The maximum Gasteiger partial charge on any atom is 0.408 e. The van der Waals surface area contributed by atoms with Gasteiger partial charge in [-0.3, -0.25) is 0 Å². The molecule has 18 heavy (non-hydrogen) atoms. The molecule has 0 saturated carbocycles. The Morgan fingerprint density at radius 3 is 2.56 bits per heavy atom. The van der Waals surface area contributed by atoms with Gasteiger partial charge >= 0.3 is 6.09 Å². The molecule has 2 heterocycles. The summed E-state index contributed by atoms with van der Waals surface area (Å²) in [6, 6.07) is 0.299. The van der Waals surface area contributed by atoms with Gasteiger partial charge in [-0.15, -0.1) is 0 Å². The molecule has 1 amide bonds. The van der Waals surface area contributed by atoms with Gasteiger partial charge in [0.1, 0.15) is 11.1 Å². The van der Waals surface area contributed by atoms with Crippen molar-refractivity contribution in [2.45, 2.75) is 57.2 Å². The number of carbonyl (C=O) groups excluding carboxylic acids is 1. The summed E-state index contributed by atoms with van der Waals surface area (Å²) in [5.41, 5.74) is -0.737. The van der Waals surface area contributed by atoms with Gasteiger partial charge < -0.3 is 20.1 Å². The lowest BCUT2D eigenvalue weighted by atomic mass is 9.83. The number of carbonyl (C=O) groups is 1. The van der Waals surface area contributed by atoms with E-state index in [1.807, 2.05) is 20.8 Å². The summed E-state index contributed by atoms with van der Waals surface area (Å²) in [5, 5.41) is 6.49. The fourth-order valence-corrected chi connectivity index (χ4v) is 2.51. The first-order chi connectivity index (χ1) is 8.41. The van der Waals surface area contributed by atoms with Crippen molar-refractivity contribution in [1.29, 1.82) is 0 Å². The number of hydrogen-bond acceptors (Lipinski definition) is 4. The van der Waals surface area contributed by atoms with E-state index in [4.69, 9.17) is 9.47 Å². The second-order valence-electron chi connectivity index (χ2n) is 6.28. The Kier molecular flexibility index (Phi) is 3.82. The van der Waals surface area contributed by atoms with E-state index < -0.39 is 5.60 Å². The Bertz CT molecular complexity index is 302. The molecule has 2 N–H and O–H groups in total. The van der Waals surface area contributed by atoms with E-state index in [9.17, 15) is 4.79 Å². The van der Waals surface area contributed by atoms with Gasteiger partial charge in [0.15, 0.2) is 0 Å². The Hall–Kier alpha value is -0.810. The average molecular weight is 256 g/mol. The van der Waals surface area contributed by atoms with Crippen LogP contribution in [-0.2, 0) is 9.47 Å². The lowest BCUT2D eigenvalue weighted by Crippen LogP contribution is -2.72. The Morgan fingerprint density at radius 2 is 2.11 bits per heavy atom. The van der Waals surface area contributed by atoms with Crippen LogP contribution < -0.4 is 10.6 Å². The first-order valence-corrected chi connectivity index (χ1v) is 6.74. The Balaban J connectivity index is 1.93. The predicted molar refractivity (Wildman–Crippen MR) is 68.6 cm³/mol. The average Bonchev–Trinajstić information content (AvgIpc) is 2.22. The van der Waals surface area contributed by atoms with Crippen molar-refractivity contribution in [2.24, 2.45) is 0 Å². The molecular formula is C13H24N2O3. The van der Waals surface area contributed by atoms with Gasteiger partial charge in [0.2, 0.25) is 0 Å². The normalized spacial score (nSPS) is 27.2. The second kappa shape index (κ2) is 5.05. The van der Waals surface area contributed by atoms with Crippen molar-refractivity contribution in [3.63, 3.8) is 0 Å². The summed E-state index contributed by atoms with van der Waals surface area (Å²) in [6.07, 6.45) is 3.15. The van der Waals surface area contributed by atoms with Crippen LogP contribution in [0.2, 0.25) is 0 Å². The lowest BCUT2D eigenvalue weighted by molar-refractivity contribution is -0.0961. The van der Waals surface area contributed by atoms with Crippen LogP contribution in [0.3, 0.4) is 0 Å². The van der Waals surface area contributed by atoms with Crippen molar-refractivity contribution < 1.29 is 14.3 Å². The number of ether oxygens (including phenoxy) is 2. The highest BCUT2D eigenvalue weighted by atomic mass is 16.6. The molecule has 1 unspecified atom stereocenters. The van der Waals surface area contributed by atoms with Crippen molar-refractivity contribution in [3.05, 3.63) is 0 Å². The molecule has 2 rings (SSSR count). The molecular weight excluding hydrogens is 232 g/mol. The van der Waals surface area contributed by atoms with Crippen LogP contribution in [0.25, 0.3) is 0 Å². The minimum atomic E-state index is -0.462. The molecule has 1 atom stereocenters. The molecule has 0 aromatic heterocycles. The summed E-state index contributed by atoms with van der Waals surface area (Å²) in [6.45, 7) is 7.77. The highest BCUT2D eigenvalue weighted by Gasteiger charge is 2.47. The first kappa shape index (κ1) is 13.6. The van der Waals surface area contributed by atoms with Gasteiger partial charge in [0.25, 0.3) is 0 Å². The largest absolute Gasteiger partial charge is 0.444 e. The fraction of sp³-hybridized carbons (Fsp3) is 0.923. The van der Waals surface area contributed by atoms with Gasteiger partial charge in [-0.1, -0.05) is 6.42 Å². The third-order valence-electron chi connectivity index (χ3n) is 3.45. The monoisotopic (exact) mass is 256 g/mol. The molecule has 104 valence electrons. The minimum absolute atomic E-state index is 0.275. The molecule has 0 aromatic carbocycles. The topological polar surface area (TPSA) is 59.6 Å². The van der Waals surface area contributed by atoms with Crippen molar-refractivity contribution in [1.82, 2.24) is 10.6 Å². The summed E-state index contributed by atoms with van der Waals surface area (Å²) >= 11 is 0. The molecule has 5 heteroatoms. The maximum absolute atomic E-state index is 11.9. The lowest BCUT2D eigenvalue weighted by Gasteiger charge is -2.48. The molecule has 2 aliphatic rings. The van der Waals surface area contributed by atoms with Crippen molar-refractivity contribution in [3.8, 4) is 0 Å². The zero-order valence-electron chi connectivity index (χ0n) is 11.5. The van der Waals surface area contributed by atoms with E-state index in [0.717, 1.165) is 13.0 Å². The molecule has 5 nitrogen and oxygen atoms in total. The number of rotatable bonds is 2. The highest BCUT2D eigenvalue weighted by molar-refractivity contribution is 5.69. The minimum Gasteiger partial charge on any atom is -0.444 e. The molecule has 2 aliphatic heterocycles. The van der Waals surface area contributed by atoms with E-state index in [2.05, 4.69) is 10.6 Å². The SMILES string of the molecule is CC(C)(C)OC(=O)NC1(C2CCCCN2)COC1. The van der Waals surface area contributed by atoms with Gasteiger partial charge in [-0.05, 0) is 40.2 Å². The Morgan fingerprint density at radius 1 is 1.39 bits per heavy atom. The molecule has 2 fully saturated rings. The number of piperidine rings is 1. The molecule has 2 saturated heterocycles. The zero-order valence-corrected chi connectivity index (χ0v) is 11.5. The first-order valence-electron chi connectivity index (χ1n) is 6.74. The van der Waals surface area contributed by atoms with Crippen LogP contribution in [0.4, 0.5) is 4.79 Å². The quantitative estimate of drug-likeness (QED) is 0.784. The van der Waals surface area contributed by atoms with Gasteiger partial charge in [0.05, 0.1) is 13.2 Å². The van der Waals surface area contributed by atoms with E-state index in [0.29, 0.717) is 19.3 Å². The van der Waals surface area contributed by atoms with Gasteiger partial charge in [-0.25, -0.2) is 4.79 Å². The second-order valence-corrected chi connectivity index (χ2v) is 6.28. The van der Waals surface area contributed by atoms with Crippen LogP contribution in [0.15, 0.2) is 0 Å². The third-order valence-corrected chi connectivity index (χ3v) is 3.45. The van der Waals surface area contributed by atoms with Gasteiger partial charge in [0, 0.05) is 6.04 Å². The standard InChI is InChI=1S/C13H24N2O3/c1-12(2,3)18-11(16)15-13(8-17-9-13)10-6-4-5-7-14-10/h10,14H,4-9H2,1-3H3,(H,15,16). The van der Waals surface area contributed by atoms with Crippen LogP contribution in [0, 0.1) is 0 Å². The summed E-state index contributed by atoms with van der Waals surface area (Å²) in [4.78, 5) is 11.9. The molecule has 0 aliphatic carbocycles. The zero-order chi connectivity index (χ0) is 13.2. The summed E-state index contributed by atoms with van der Waals surface area (Å²) < 4.78 is 10.6. The molecule has 0 spiro atoms. The van der Waals surface area contributed by atoms with Gasteiger partial charge in [-0.2, -0.15) is 0 Å². The number of hydrogen-bond donors (Lipinski definition) is 2. The van der Waals surface area contributed by atoms with E-state index in [1.54, 1.807) is 0 Å². The summed E-state index contributed by atoms with van der Waals surface area (Å²) in [7, 11) is 0. The molecule has 0 radical (unpaired) electrons. The molecule has 0 bridgehead atoms. The van der Waals surface area contributed by atoms with E-state index in [1.165, 1.54) is 12.8 Å². The van der Waals surface area contributed by atoms with Crippen LogP contribution in [0.1, 0.15) is 40.0 Å². The van der Waals surface area contributed by atoms with Crippen LogP contribution in [0.5, 0.6) is 0 Å². The predicted octanol–water partition coefficient (Wildman–Crippen LogP) is 1.42. The van der Waals surface area contributed by atoms with Crippen molar-refractivity contribution in [2.75, 3.05) is 19.8 Å². The van der Waals surface area contributed by atoms with E-state index in [-0.39, 0.29) is 11.6 Å². The third kappa shape index (κ3) is 3.14. The number of alkyl carbamates (subject to hydrolysis) is 1. The number of amides is 1. The summed E-state index contributed by atoms with van der Waals surface area (Å²) in [5.74, 6) is 0. The smallest absolute Gasteiger partial charge is 0.408 e. The highest BCUT2D eigenvalue weighted by Crippen LogP contribution is 2.27. The molecule has 0 aromatic rings. The Labute approximate surface area is 109 Å². The number of nitrogens with one attached hydrogen (secondary N) is 2. The van der Waals surface area contributed by atoms with E-state index >= 15 is 0 Å².